The fourth-order valence-electron chi connectivity index (χ4n) is 4.53. The van der Waals surface area contributed by atoms with Gasteiger partial charge >= 0.3 is 6.03 Å². The van der Waals surface area contributed by atoms with Crippen LogP contribution in [0.25, 0.3) is 6.08 Å². The van der Waals surface area contributed by atoms with Gasteiger partial charge in [-0.3, -0.25) is 25.0 Å². The minimum Gasteiger partial charge on any atom is -0.490 e. The van der Waals surface area contributed by atoms with Gasteiger partial charge in [-0.25, -0.2) is 9.69 Å². The third-order valence-corrected chi connectivity index (χ3v) is 7.84. The van der Waals surface area contributed by atoms with E-state index in [1.165, 1.54) is 24.3 Å². The van der Waals surface area contributed by atoms with Gasteiger partial charge in [0.05, 0.1) is 26.2 Å². The number of nitrogens with zero attached hydrogens (tertiary/aromatic N) is 2. The molecule has 1 saturated heterocycles. The molecule has 0 spiro atoms. The number of non-ortho nitro benzene ring substituents is 1. The number of barbiturate groups is 1. The van der Waals surface area contributed by atoms with Gasteiger partial charge in [0.15, 0.2) is 11.5 Å². The highest BCUT2D eigenvalue weighted by atomic mass is 79.9. The van der Waals surface area contributed by atoms with E-state index in [1.807, 2.05) is 55.5 Å². The van der Waals surface area contributed by atoms with Crippen molar-refractivity contribution in [3.8, 4) is 17.2 Å². The molecule has 234 valence electrons. The number of benzene rings is 4. The number of nitrogens with one attached hydrogen (secondary N) is 1. The summed E-state index contributed by atoms with van der Waals surface area (Å²) in [5, 5.41) is 13.3. The van der Waals surface area contributed by atoms with Crippen LogP contribution in [0.1, 0.15) is 23.6 Å². The van der Waals surface area contributed by atoms with E-state index in [9.17, 15) is 24.5 Å². The summed E-state index contributed by atoms with van der Waals surface area (Å²) in [6.45, 7) is 2.94. The Balaban J connectivity index is 1.32. The number of rotatable bonds is 11. The van der Waals surface area contributed by atoms with Crippen molar-refractivity contribution in [2.45, 2.75) is 20.1 Å². The molecule has 4 amide bonds. The number of anilines is 1. The maximum atomic E-state index is 13.3. The molecule has 11 nitrogen and oxygen atoms in total. The maximum absolute atomic E-state index is 13.3. The first-order valence-corrected chi connectivity index (χ1v) is 15.4. The van der Waals surface area contributed by atoms with Gasteiger partial charge in [-0.15, -0.1) is 0 Å². The second-order valence-electron chi connectivity index (χ2n) is 9.83. The van der Waals surface area contributed by atoms with E-state index >= 15 is 0 Å². The highest BCUT2D eigenvalue weighted by Gasteiger charge is 2.37. The number of urea groups is 1. The SMILES string of the molecule is CCOc1cc(COc2c(Br)cc(/C=C3/C(=O)NC(=O)N(c4cccc([N+](=O)[O-])c4)C3=O)cc2Br)ccc1OCc1ccccc1. The smallest absolute Gasteiger partial charge is 0.335 e. The molecule has 0 unspecified atom stereocenters. The van der Waals surface area contributed by atoms with Crippen LogP contribution in [0.5, 0.6) is 17.2 Å². The monoisotopic (exact) mass is 749 g/mol. The van der Waals surface area contributed by atoms with Crippen LogP contribution in [0.4, 0.5) is 16.2 Å². The third-order valence-electron chi connectivity index (χ3n) is 6.66. The van der Waals surface area contributed by atoms with E-state index in [0.717, 1.165) is 17.2 Å². The van der Waals surface area contributed by atoms with Crippen molar-refractivity contribution in [1.29, 1.82) is 0 Å². The second kappa shape index (κ2) is 14.4. The first kappa shape index (κ1) is 32.4. The van der Waals surface area contributed by atoms with Crippen LogP contribution < -0.4 is 24.4 Å². The number of imide groups is 2. The quantitative estimate of drug-likeness (QED) is 0.0728. The van der Waals surface area contributed by atoms with Gasteiger partial charge < -0.3 is 14.2 Å². The Labute approximate surface area is 280 Å². The van der Waals surface area contributed by atoms with Crippen molar-refractivity contribution < 1.29 is 33.5 Å². The number of nitro benzene ring substituents is 1. The Kier molecular flexibility index (Phi) is 10.1. The average molecular weight is 751 g/mol. The van der Waals surface area contributed by atoms with Crippen LogP contribution >= 0.6 is 31.9 Å². The maximum Gasteiger partial charge on any atom is 0.335 e. The molecule has 46 heavy (non-hydrogen) atoms. The molecule has 0 aliphatic carbocycles. The minimum atomic E-state index is -1.01. The lowest BCUT2D eigenvalue weighted by atomic mass is 10.1. The van der Waals surface area contributed by atoms with Crippen molar-refractivity contribution in [2.24, 2.45) is 0 Å². The van der Waals surface area contributed by atoms with E-state index in [-0.39, 0.29) is 23.6 Å². The molecule has 1 heterocycles. The summed E-state index contributed by atoms with van der Waals surface area (Å²) < 4.78 is 18.9. The summed E-state index contributed by atoms with van der Waals surface area (Å²) in [6, 6.07) is 22.7. The fraction of sp³-hybridized carbons (Fsp3) is 0.121. The van der Waals surface area contributed by atoms with Gasteiger partial charge in [0.2, 0.25) is 0 Å². The van der Waals surface area contributed by atoms with Gasteiger partial charge in [0.1, 0.15) is 24.5 Å². The van der Waals surface area contributed by atoms with Crippen molar-refractivity contribution in [1.82, 2.24) is 5.32 Å². The largest absolute Gasteiger partial charge is 0.490 e. The number of hydrogen-bond donors (Lipinski definition) is 1. The summed E-state index contributed by atoms with van der Waals surface area (Å²) in [5.41, 5.74) is 1.60. The van der Waals surface area contributed by atoms with Crippen molar-refractivity contribution in [3.63, 3.8) is 0 Å². The molecule has 0 bridgehead atoms. The zero-order chi connectivity index (χ0) is 32.8. The Hall–Kier alpha value is -5.01. The summed E-state index contributed by atoms with van der Waals surface area (Å²) in [4.78, 5) is 49.7. The highest BCUT2D eigenvalue weighted by molar-refractivity contribution is 9.11. The number of halogens is 2. The molecule has 0 atom stereocenters. The molecule has 1 N–H and O–H groups in total. The van der Waals surface area contributed by atoms with E-state index in [2.05, 4.69) is 37.2 Å². The van der Waals surface area contributed by atoms with Crippen LogP contribution in [-0.2, 0) is 22.8 Å². The third kappa shape index (κ3) is 7.44. The molecule has 4 aromatic rings. The molecule has 1 aliphatic rings. The first-order chi connectivity index (χ1) is 22.1. The molecule has 1 aliphatic heterocycles. The number of carbonyl (C=O) groups is 3. The predicted octanol–water partition coefficient (Wildman–Crippen LogP) is 7.34. The van der Waals surface area contributed by atoms with Gasteiger partial charge in [0.25, 0.3) is 17.5 Å². The number of nitro groups is 1. The standard InChI is InChI=1S/C33H25Br2N3O8/c1-2-44-29-16-21(11-12-28(29)45-18-20-7-4-3-5-8-20)19-46-30-26(34)14-22(15-27(30)35)13-25-31(39)36-33(41)37(32(25)40)23-9-6-10-24(17-23)38(42)43/h3-17H,2,18-19H2,1H3,(H,36,39,41)/b25-13-. The average Bonchev–Trinajstić information content (AvgIpc) is 3.03. The van der Waals surface area contributed by atoms with Crippen LogP contribution in [0, 0.1) is 10.1 Å². The molecule has 0 aromatic heterocycles. The number of carbonyl (C=O) groups excluding carboxylic acids is 3. The molecule has 13 heteroatoms. The van der Waals surface area contributed by atoms with Gasteiger partial charge in [-0.05, 0) is 91.9 Å². The fourth-order valence-corrected chi connectivity index (χ4v) is 5.98. The Morgan fingerprint density at radius 3 is 2.24 bits per heavy atom. The molecular formula is C33H25Br2N3O8. The first-order valence-electron chi connectivity index (χ1n) is 13.8. The molecule has 0 saturated carbocycles. The predicted molar refractivity (Wildman–Crippen MR) is 177 cm³/mol. The van der Waals surface area contributed by atoms with E-state index in [1.54, 1.807) is 12.1 Å². The lowest BCUT2D eigenvalue weighted by Gasteiger charge is -2.26. The highest BCUT2D eigenvalue weighted by Crippen LogP contribution is 2.37. The summed E-state index contributed by atoms with van der Waals surface area (Å²) in [6.07, 6.45) is 1.32. The number of amides is 4. The number of hydrogen-bond acceptors (Lipinski definition) is 8. The van der Waals surface area contributed by atoms with Crippen LogP contribution in [0.2, 0.25) is 0 Å². The zero-order valence-electron chi connectivity index (χ0n) is 24.2. The summed E-state index contributed by atoms with van der Waals surface area (Å²) in [5.74, 6) is -0.153. The van der Waals surface area contributed by atoms with Crippen LogP contribution in [-0.4, -0.2) is 29.4 Å². The molecule has 4 aromatic carbocycles. The zero-order valence-corrected chi connectivity index (χ0v) is 27.4. The van der Waals surface area contributed by atoms with E-state index < -0.39 is 22.8 Å². The van der Waals surface area contributed by atoms with Gasteiger partial charge in [0, 0.05) is 12.1 Å². The van der Waals surface area contributed by atoms with Crippen molar-refractivity contribution >= 4 is 67.2 Å². The Bertz CT molecular complexity index is 1840. The van der Waals surface area contributed by atoms with E-state index in [0.29, 0.717) is 49.9 Å². The second-order valence-corrected chi connectivity index (χ2v) is 11.5. The molecular weight excluding hydrogens is 726 g/mol. The van der Waals surface area contributed by atoms with Gasteiger partial charge in [-0.2, -0.15) is 0 Å². The number of ether oxygens (including phenoxy) is 3. The van der Waals surface area contributed by atoms with Crippen LogP contribution in [0.3, 0.4) is 0 Å². The Morgan fingerprint density at radius 1 is 0.826 bits per heavy atom. The van der Waals surface area contributed by atoms with Crippen LogP contribution in [0.15, 0.2) is 99.4 Å². The lowest BCUT2D eigenvalue weighted by Crippen LogP contribution is -2.54. The minimum absolute atomic E-state index is 0.0514. The summed E-state index contributed by atoms with van der Waals surface area (Å²) in [7, 11) is 0. The molecule has 1 fully saturated rings. The lowest BCUT2D eigenvalue weighted by molar-refractivity contribution is -0.384. The van der Waals surface area contributed by atoms with Crippen molar-refractivity contribution in [2.75, 3.05) is 11.5 Å². The van der Waals surface area contributed by atoms with Gasteiger partial charge in [-0.1, -0.05) is 42.5 Å². The van der Waals surface area contributed by atoms with Crippen molar-refractivity contribution in [3.05, 3.63) is 126 Å². The molecule has 0 radical (unpaired) electrons. The molecule has 5 rings (SSSR count). The van der Waals surface area contributed by atoms with E-state index in [4.69, 9.17) is 14.2 Å². The summed E-state index contributed by atoms with van der Waals surface area (Å²) >= 11 is 6.99. The topological polar surface area (TPSA) is 137 Å². The Morgan fingerprint density at radius 2 is 1.54 bits per heavy atom. The normalized spacial score (nSPS) is 13.8.